The lowest BCUT2D eigenvalue weighted by Crippen LogP contribution is -2.35. The number of hydrogen-bond donors (Lipinski definition) is 2. The molecule has 1 aliphatic heterocycles. The van der Waals surface area contributed by atoms with Crippen molar-refractivity contribution in [3.8, 4) is 5.75 Å². The Morgan fingerprint density at radius 3 is 2.78 bits per heavy atom. The van der Waals surface area contributed by atoms with E-state index in [0.29, 0.717) is 12.0 Å². The van der Waals surface area contributed by atoms with Crippen molar-refractivity contribution < 1.29 is 13.5 Å². The SMILES string of the molecule is CS(=O)(=O)c1cccc(O)c1CC1CCCCN1. The second-order valence-electron chi connectivity index (χ2n) is 4.88. The fourth-order valence-corrected chi connectivity index (χ4v) is 3.41. The van der Waals surface area contributed by atoms with Crippen LogP contribution in [0.1, 0.15) is 24.8 Å². The second kappa shape index (κ2) is 5.28. The lowest BCUT2D eigenvalue weighted by Gasteiger charge is -2.24. The first-order chi connectivity index (χ1) is 8.48. The highest BCUT2D eigenvalue weighted by molar-refractivity contribution is 7.90. The van der Waals surface area contributed by atoms with Crippen LogP contribution in [-0.4, -0.2) is 32.4 Å². The molecule has 0 bridgehead atoms. The van der Waals surface area contributed by atoms with E-state index in [-0.39, 0.29) is 16.7 Å². The molecule has 0 aliphatic carbocycles. The van der Waals surface area contributed by atoms with Crippen LogP contribution in [0, 0.1) is 0 Å². The smallest absolute Gasteiger partial charge is 0.175 e. The largest absolute Gasteiger partial charge is 0.508 e. The van der Waals surface area contributed by atoms with E-state index in [4.69, 9.17) is 0 Å². The highest BCUT2D eigenvalue weighted by Gasteiger charge is 2.21. The highest BCUT2D eigenvalue weighted by Crippen LogP contribution is 2.27. The molecule has 2 N–H and O–H groups in total. The minimum Gasteiger partial charge on any atom is -0.508 e. The topological polar surface area (TPSA) is 66.4 Å². The van der Waals surface area contributed by atoms with E-state index in [1.165, 1.54) is 6.26 Å². The molecule has 5 heteroatoms. The van der Waals surface area contributed by atoms with E-state index in [2.05, 4.69) is 5.32 Å². The summed E-state index contributed by atoms with van der Waals surface area (Å²) in [7, 11) is -3.29. The second-order valence-corrected chi connectivity index (χ2v) is 6.86. The third-order valence-corrected chi connectivity index (χ3v) is 4.55. The third-order valence-electron chi connectivity index (χ3n) is 3.37. The molecule has 1 aliphatic rings. The Kier molecular flexibility index (Phi) is 3.92. The molecule has 1 heterocycles. The molecule has 18 heavy (non-hydrogen) atoms. The van der Waals surface area contributed by atoms with Gasteiger partial charge in [-0.2, -0.15) is 0 Å². The van der Waals surface area contributed by atoms with Crippen LogP contribution in [0.2, 0.25) is 0 Å². The molecule has 0 radical (unpaired) electrons. The van der Waals surface area contributed by atoms with E-state index in [9.17, 15) is 13.5 Å². The van der Waals surface area contributed by atoms with Gasteiger partial charge in [-0.25, -0.2) is 8.42 Å². The van der Waals surface area contributed by atoms with Crippen LogP contribution in [0.5, 0.6) is 5.75 Å². The minimum absolute atomic E-state index is 0.0744. The molecule has 100 valence electrons. The minimum atomic E-state index is -3.29. The maximum atomic E-state index is 11.7. The number of hydrogen-bond acceptors (Lipinski definition) is 4. The van der Waals surface area contributed by atoms with Gasteiger partial charge in [0.1, 0.15) is 5.75 Å². The van der Waals surface area contributed by atoms with Crippen molar-refractivity contribution in [1.29, 1.82) is 0 Å². The highest BCUT2D eigenvalue weighted by atomic mass is 32.2. The van der Waals surface area contributed by atoms with Crippen molar-refractivity contribution in [3.05, 3.63) is 23.8 Å². The van der Waals surface area contributed by atoms with E-state index in [1.54, 1.807) is 18.2 Å². The van der Waals surface area contributed by atoms with Crippen molar-refractivity contribution in [2.75, 3.05) is 12.8 Å². The van der Waals surface area contributed by atoms with Crippen LogP contribution in [0.3, 0.4) is 0 Å². The zero-order valence-corrected chi connectivity index (χ0v) is 11.3. The molecule has 1 fully saturated rings. The molecule has 1 unspecified atom stereocenters. The van der Waals surface area contributed by atoms with Gasteiger partial charge in [0.25, 0.3) is 0 Å². The van der Waals surface area contributed by atoms with Crippen LogP contribution in [0.15, 0.2) is 23.1 Å². The molecule has 0 spiro atoms. The van der Waals surface area contributed by atoms with E-state index in [0.717, 1.165) is 25.8 Å². The van der Waals surface area contributed by atoms with Crippen molar-refractivity contribution in [3.63, 3.8) is 0 Å². The van der Waals surface area contributed by atoms with Crippen molar-refractivity contribution in [1.82, 2.24) is 5.32 Å². The summed E-state index contributed by atoms with van der Waals surface area (Å²) in [5.41, 5.74) is 0.541. The van der Waals surface area contributed by atoms with Gasteiger partial charge < -0.3 is 10.4 Å². The first-order valence-electron chi connectivity index (χ1n) is 6.23. The summed E-state index contributed by atoms with van der Waals surface area (Å²) in [4.78, 5) is 0.245. The summed E-state index contributed by atoms with van der Waals surface area (Å²) < 4.78 is 23.4. The third kappa shape index (κ3) is 3.03. The number of phenolic OH excluding ortho intramolecular Hbond substituents is 1. The van der Waals surface area contributed by atoms with Gasteiger partial charge in [0.15, 0.2) is 9.84 Å². The Labute approximate surface area is 108 Å². The molecule has 1 saturated heterocycles. The van der Waals surface area contributed by atoms with E-state index < -0.39 is 9.84 Å². The van der Waals surface area contributed by atoms with Gasteiger partial charge in [0, 0.05) is 17.9 Å². The van der Waals surface area contributed by atoms with Crippen LogP contribution in [-0.2, 0) is 16.3 Å². The Morgan fingerprint density at radius 1 is 1.39 bits per heavy atom. The summed E-state index contributed by atoms with van der Waals surface area (Å²) >= 11 is 0. The summed E-state index contributed by atoms with van der Waals surface area (Å²) in [6.07, 6.45) is 5.09. The number of sulfone groups is 1. The molecule has 0 aromatic heterocycles. The van der Waals surface area contributed by atoms with Crippen molar-refractivity contribution >= 4 is 9.84 Å². The number of piperidine rings is 1. The summed E-state index contributed by atoms with van der Waals surface area (Å²) in [6, 6.07) is 4.94. The Hall–Kier alpha value is -1.07. The molecule has 4 nitrogen and oxygen atoms in total. The fraction of sp³-hybridized carbons (Fsp3) is 0.538. The van der Waals surface area contributed by atoms with Gasteiger partial charge in [-0.05, 0) is 37.9 Å². The lowest BCUT2D eigenvalue weighted by atomic mass is 9.97. The zero-order chi connectivity index (χ0) is 13.2. The average Bonchev–Trinajstić information content (AvgIpc) is 2.32. The van der Waals surface area contributed by atoms with Crippen LogP contribution >= 0.6 is 0 Å². The number of nitrogens with one attached hydrogen (secondary N) is 1. The van der Waals surface area contributed by atoms with Crippen molar-refractivity contribution in [2.45, 2.75) is 36.6 Å². The molecule has 1 atom stereocenters. The quantitative estimate of drug-likeness (QED) is 0.872. The predicted molar refractivity (Wildman–Crippen MR) is 70.6 cm³/mol. The molecule has 1 aromatic rings. The molecular formula is C13H19NO3S. The molecule has 0 amide bonds. The average molecular weight is 269 g/mol. The standard InChI is InChI=1S/C13H19NO3S/c1-18(16,17)13-7-4-6-12(15)11(13)9-10-5-2-3-8-14-10/h4,6-7,10,14-15H,2-3,5,8-9H2,1H3. The van der Waals surface area contributed by atoms with Crippen LogP contribution in [0.25, 0.3) is 0 Å². The lowest BCUT2D eigenvalue weighted by molar-refractivity contribution is 0.389. The summed E-state index contributed by atoms with van der Waals surface area (Å²) in [5.74, 6) is 0.0744. The molecule has 2 rings (SSSR count). The summed E-state index contributed by atoms with van der Waals surface area (Å²) in [5, 5.41) is 13.3. The first-order valence-corrected chi connectivity index (χ1v) is 8.12. The number of benzene rings is 1. The van der Waals surface area contributed by atoms with Crippen LogP contribution < -0.4 is 5.32 Å². The van der Waals surface area contributed by atoms with Gasteiger partial charge >= 0.3 is 0 Å². The maximum Gasteiger partial charge on any atom is 0.175 e. The fourth-order valence-electron chi connectivity index (χ4n) is 2.45. The molecule has 1 aromatic carbocycles. The first kappa shape index (κ1) is 13.4. The van der Waals surface area contributed by atoms with E-state index >= 15 is 0 Å². The predicted octanol–water partition coefficient (Wildman–Crippen LogP) is 1.48. The normalized spacial score (nSPS) is 20.8. The Bertz CT molecular complexity index is 519. The van der Waals surface area contributed by atoms with Gasteiger partial charge in [0.05, 0.1) is 4.90 Å². The molecule has 0 saturated carbocycles. The van der Waals surface area contributed by atoms with Gasteiger partial charge in [-0.1, -0.05) is 12.5 Å². The van der Waals surface area contributed by atoms with Gasteiger partial charge in [0.2, 0.25) is 0 Å². The molecular weight excluding hydrogens is 250 g/mol. The van der Waals surface area contributed by atoms with E-state index in [1.807, 2.05) is 0 Å². The van der Waals surface area contributed by atoms with Crippen LogP contribution in [0.4, 0.5) is 0 Å². The Balaban J connectivity index is 2.31. The number of aromatic hydroxyl groups is 1. The maximum absolute atomic E-state index is 11.7. The number of rotatable bonds is 3. The summed E-state index contributed by atoms with van der Waals surface area (Å²) in [6.45, 7) is 0.965. The zero-order valence-electron chi connectivity index (χ0n) is 10.5. The van der Waals surface area contributed by atoms with Crippen molar-refractivity contribution in [2.24, 2.45) is 0 Å². The Morgan fingerprint density at radius 2 is 2.17 bits per heavy atom. The van der Waals surface area contributed by atoms with Gasteiger partial charge in [-0.15, -0.1) is 0 Å². The van der Waals surface area contributed by atoms with Gasteiger partial charge in [-0.3, -0.25) is 0 Å². The number of phenols is 1. The monoisotopic (exact) mass is 269 g/mol.